The molecular formula is C40H47Cl3N4O5. The molecule has 6 rings (SSSR count). The Kier molecular flexibility index (Phi) is 16.2. The normalized spacial score (nSPS) is 12.7. The first-order valence-corrected chi connectivity index (χ1v) is 16.5. The Morgan fingerprint density at radius 2 is 1.23 bits per heavy atom. The lowest BCUT2D eigenvalue weighted by Crippen LogP contribution is -2.44. The third-order valence-electron chi connectivity index (χ3n) is 9.15. The van der Waals surface area contributed by atoms with Crippen molar-refractivity contribution in [3.63, 3.8) is 0 Å². The number of benzene rings is 3. The number of ether oxygens (including phenoxy) is 5. The van der Waals surface area contributed by atoms with E-state index in [9.17, 15) is 0 Å². The van der Waals surface area contributed by atoms with Crippen LogP contribution in [-0.2, 0) is 13.1 Å². The van der Waals surface area contributed by atoms with Gasteiger partial charge >= 0.3 is 0 Å². The van der Waals surface area contributed by atoms with Crippen molar-refractivity contribution in [2.24, 2.45) is 0 Å². The van der Waals surface area contributed by atoms with Gasteiger partial charge in [-0.25, -0.2) is 0 Å². The molecule has 52 heavy (non-hydrogen) atoms. The minimum absolute atomic E-state index is 0. The highest BCUT2D eigenvalue weighted by Crippen LogP contribution is 2.41. The average molecular weight is 770 g/mol. The van der Waals surface area contributed by atoms with Crippen LogP contribution in [0.1, 0.15) is 24.0 Å². The Balaban J connectivity index is 0.00000243. The molecule has 5 aromatic rings. The Hall–Kier alpha value is -4.41. The number of likely N-dealkylation sites (tertiary alicyclic amines) is 1. The third-order valence-corrected chi connectivity index (χ3v) is 9.15. The average Bonchev–Trinajstić information content (AvgIpc) is 3.17. The number of aromatic nitrogens is 2. The van der Waals surface area contributed by atoms with E-state index in [-0.39, 0.29) is 37.2 Å². The molecule has 0 atom stereocenters. The van der Waals surface area contributed by atoms with Gasteiger partial charge in [0, 0.05) is 61.4 Å². The van der Waals surface area contributed by atoms with Gasteiger partial charge in [-0.05, 0) is 96.8 Å². The van der Waals surface area contributed by atoms with Crippen LogP contribution in [0, 0.1) is 0 Å². The smallest absolute Gasteiger partial charge is 0.203 e. The molecular weight excluding hydrogens is 723 g/mol. The maximum atomic E-state index is 5.63. The molecule has 1 aliphatic heterocycles. The molecule has 1 aliphatic rings. The van der Waals surface area contributed by atoms with E-state index >= 15 is 0 Å². The second kappa shape index (κ2) is 20.0. The van der Waals surface area contributed by atoms with E-state index in [0.717, 1.165) is 73.0 Å². The number of anilines is 1. The second-order valence-electron chi connectivity index (χ2n) is 12.0. The number of hydrogen-bond acceptors (Lipinski definition) is 9. The molecule has 12 heteroatoms. The summed E-state index contributed by atoms with van der Waals surface area (Å²) in [6.45, 7) is 3.59. The summed E-state index contributed by atoms with van der Waals surface area (Å²) in [5, 5.41) is 0. The highest BCUT2D eigenvalue weighted by molar-refractivity contribution is 5.86. The molecule has 9 nitrogen and oxygen atoms in total. The molecule has 1 fully saturated rings. The number of rotatable bonds is 13. The lowest BCUT2D eigenvalue weighted by atomic mass is 10.00. The summed E-state index contributed by atoms with van der Waals surface area (Å²) in [4.78, 5) is 14.4. The number of halogens is 3. The van der Waals surface area contributed by atoms with Crippen molar-refractivity contribution in [1.82, 2.24) is 14.9 Å². The molecule has 0 bridgehead atoms. The number of pyridine rings is 2. The Labute approximate surface area is 325 Å². The summed E-state index contributed by atoms with van der Waals surface area (Å²) in [7, 11) is 8.26. The molecule has 0 aliphatic carbocycles. The van der Waals surface area contributed by atoms with Crippen molar-refractivity contribution in [2.75, 3.05) is 53.5 Å². The van der Waals surface area contributed by atoms with E-state index in [1.165, 1.54) is 16.8 Å². The Bertz CT molecular complexity index is 1830. The van der Waals surface area contributed by atoms with E-state index in [4.69, 9.17) is 23.7 Å². The van der Waals surface area contributed by atoms with Crippen LogP contribution in [-0.4, -0.2) is 69.5 Å². The van der Waals surface area contributed by atoms with Crippen LogP contribution < -0.4 is 28.6 Å². The van der Waals surface area contributed by atoms with E-state index < -0.39 is 0 Å². The first-order valence-electron chi connectivity index (χ1n) is 16.5. The molecule has 2 aromatic heterocycles. The van der Waals surface area contributed by atoms with Gasteiger partial charge in [0.15, 0.2) is 11.5 Å². The number of piperidine rings is 1. The van der Waals surface area contributed by atoms with Crippen LogP contribution in [0.5, 0.6) is 28.7 Å². The number of nitrogens with zero attached hydrogens (tertiary/aromatic N) is 4. The summed E-state index contributed by atoms with van der Waals surface area (Å²) in [5.74, 6) is 3.45. The van der Waals surface area contributed by atoms with Crippen LogP contribution in [0.3, 0.4) is 0 Å². The maximum Gasteiger partial charge on any atom is 0.203 e. The molecule has 3 heterocycles. The van der Waals surface area contributed by atoms with Crippen molar-refractivity contribution < 1.29 is 23.7 Å². The van der Waals surface area contributed by atoms with Gasteiger partial charge in [-0.2, -0.15) is 0 Å². The Morgan fingerprint density at radius 3 is 1.85 bits per heavy atom. The highest BCUT2D eigenvalue weighted by Gasteiger charge is 2.26. The lowest BCUT2D eigenvalue weighted by molar-refractivity contribution is 0.201. The third kappa shape index (κ3) is 9.72. The van der Waals surface area contributed by atoms with E-state index in [1.807, 2.05) is 54.9 Å². The van der Waals surface area contributed by atoms with Crippen molar-refractivity contribution in [3.05, 3.63) is 108 Å². The molecule has 278 valence electrons. The molecule has 3 aromatic carbocycles. The van der Waals surface area contributed by atoms with Crippen molar-refractivity contribution in [1.29, 1.82) is 0 Å². The van der Waals surface area contributed by atoms with Crippen LogP contribution in [0.25, 0.3) is 22.5 Å². The zero-order valence-corrected chi connectivity index (χ0v) is 32.6. The van der Waals surface area contributed by atoms with Crippen LogP contribution >= 0.6 is 37.2 Å². The van der Waals surface area contributed by atoms with E-state index in [1.54, 1.807) is 35.5 Å². The summed E-state index contributed by atoms with van der Waals surface area (Å²) in [6, 6.07) is 29.2. The van der Waals surface area contributed by atoms with Crippen molar-refractivity contribution in [3.8, 4) is 51.3 Å². The van der Waals surface area contributed by atoms with Crippen molar-refractivity contribution >= 4 is 42.9 Å². The summed E-state index contributed by atoms with van der Waals surface area (Å²) >= 11 is 0. The van der Waals surface area contributed by atoms with Gasteiger partial charge in [-0.3, -0.25) is 14.9 Å². The Morgan fingerprint density at radius 1 is 0.635 bits per heavy atom. The van der Waals surface area contributed by atoms with Gasteiger partial charge < -0.3 is 28.6 Å². The molecule has 0 unspecified atom stereocenters. The molecule has 0 amide bonds. The monoisotopic (exact) mass is 768 g/mol. The standard InChI is InChI=1S/C40H44N4O5.3ClH/c1-45-33-12-10-31(11-13-33)44(27-29-15-19-42-36(23-29)34-8-6-7-9-37(34)46-2)32-16-20-43(21-17-32)26-28-14-18-41-35(22-28)30-24-38(47-3)40(49-5)39(25-30)48-4;;;/h6-15,18-19,22-25,32H,16-17,20-21,26-27H2,1-5H3;3*1H. The quantitative estimate of drug-likeness (QED) is 0.117. The van der Waals surface area contributed by atoms with E-state index in [0.29, 0.717) is 23.3 Å². The van der Waals surface area contributed by atoms with Crippen LogP contribution in [0.15, 0.2) is 97.3 Å². The fourth-order valence-corrected chi connectivity index (χ4v) is 6.58. The van der Waals surface area contributed by atoms with Crippen LogP contribution in [0.2, 0.25) is 0 Å². The largest absolute Gasteiger partial charge is 0.497 e. The summed E-state index contributed by atoms with van der Waals surface area (Å²) in [6.07, 6.45) is 5.86. The van der Waals surface area contributed by atoms with Crippen LogP contribution in [0.4, 0.5) is 5.69 Å². The molecule has 0 N–H and O–H groups in total. The van der Waals surface area contributed by atoms with Gasteiger partial charge in [-0.15, -0.1) is 37.2 Å². The fourth-order valence-electron chi connectivity index (χ4n) is 6.58. The minimum Gasteiger partial charge on any atom is -0.497 e. The highest BCUT2D eigenvalue weighted by atomic mass is 35.5. The van der Waals surface area contributed by atoms with Gasteiger partial charge in [0.1, 0.15) is 11.5 Å². The molecule has 1 saturated heterocycles. The van der Waals surface area contributed by atoms with Gasteiger partial charge in [0.05, 0.1) is 46.9 Å². The fraction of sp³-hybridized carbons (Fsp3) is 0.300. The number of methoxy groups -OCH3 is 5. The topological polar surface area (TPSA) is 78.4 Å². The van der Waals surface area contributed by atoms with Gasteiger partial charge in [-0.1, -0.05) is 12.1 Å². The number of hydrogen-bond donors (Lipinski definition) is 0. The molecule has 0 spiro atoms. The number of para-hydroxylation sites is 1. The molecule has 0 radical (unpaired) electrons. The maximum absolute atomic E-state index is 5.63. The first kappa shape index (κ1) is 42.0. The molecule has 0 saturated carbocycles. The summed E-state index contributed by atoms with van der Waals surface area (Å²) < 4.78 is 27.8. The lowest BCUT2D eigenvalue weighted by Gasteiger charge is -2.40. The summed E-state index contributed by atoms with van der Waals surface area (Å²) in [5.41, 5.74) is 7.26. The van der Waals surface area contributed by atoms with Gasteiger partial charge in [0.2, 0.25) is 5.75 Å². The zero-order valence-electron chi connectivity index (χ0n) is 30.1. The zero-order chi connectivity index (χ0) is 34.2. The van der Waals surface area contributed by atoms with E-state index in [2.05, 4.69) is 62.2 Å². The second-order valence-corrected chi connectivity index (χ2v) is 12.0. The minimum atomic E-state index is 0. The first-order chi connectivity index (χ1) is 24.0. The SMILES string of the molecule is COc1ccc(N(Cc2ccnc(-c3ccccc3OC)c2)C2CCN(Cc3ccnc(-c4cc(OC)c(OC)c(OC)c4)c3)CC2)cc1.Cl.Cl.Cl. The van der Waals surface area contributed by atoms with Crippen molar-refractivity contribution in [2.45, 2.75) is 32.0 Å². The van der Waals surface area contributed by atoms with Gasteiger partial charge in [0.25, 0.3) is 0 Å². The predicted octanol–water partition coefficient (Wildman–Crippen LogP) is 8.79. The predicted molar refractivity (Wildman–Crippen MR) is 215 cm³/mol.